The van der Waals surface area contributed by atoms with Gasteiger partial charge < -0.3 is 9.47 Å². The molecule has 1 aliphatic rings. The largest absolute Gasteiger partial charge is 0.573 e. The molecule has 1 unspecified atom stereocenters. The first-order valence-electron chi connectivity index (χ1n) is 8.48. The second-order valence-electron chi connectivity index (χ2n) is 6.17. The molecule has 0 saturated carbocycles. The fourth-order valence-corrected chi connectivity index (χ4v) is 2.70. The van der Waals surface area contributed by atoms with Crippen LogP contribution in [0.3, 0.4) is 0 Å². The van der Waals surface area contributed by atoms with E-state index >= 15 is 0 Å². The smallest absolute Gasteiger partial charge is 0.438 e. The molecule has 0 fully saturated rings. The fourth-order valence-electron chi connectivity index (χ4n) is 2.70. The molecule has 0 aliphatic carbocycles. The Hall–Kier alpha value is -3.53. The van der Waals surface area contributed by atoms with E-state index < -0.39 is 12.5 Å². The molecule has 0 spiro atoms. The SMILES string of the molecule is Cn1cc(-c2ccc(OC3=CC(c4ccc(OC(F)(F)F)cc4)ON3)cn2)cn1. The zero-order valence-corrected chi connectivity index (χ0v) is 15.1. The van der Waals surface area contributed by atoms with E-state index in [1.54, 1.807) is 35.3 Å². The Bertz CT molecular complexity index is 1010. The van der Waals surface area contributed by atoms with Crippen LogP contribution in [0.15, 0.2) is 66.9 Å². The first-order chi connectivity index (χ1) is 13.9. The Morgan fingerprint density at radius 3 is 2.45 bits per heavy atom. The van der Waals surface area contributed by atoms with E-state index in [0.717, 1.165) is 11.3 Å². The molecule has 10 heteroatoms. The summed E-state index contributed by atoms with van der Waals surface area (Å²) in [5.74, 6) is 0.545. The lowest BCUT2D eigenvalue weighted by Gasteiger charge is -2.11. The molecule has 1 atom stereocenters. The summed E-state index contributed by atoms with van der Waals surface area (Å²) in [7, 11) is 1.83. The minimum absolute atomic E-state index is 0.299. The van der Waals surface area contributed by atoms with Crippen LogP contribution in [0.4, 0.5) is 13.2 Å². The zero-order valence-electron chi connectivity index (χ0n) is 15.1. The molecule has 0 bridgehead atoms. The van der Waals surface area contributed by atoms with Crippen molar-refractivity contribution >= 4 is 0 Å². The highest BCUT2D eigenvalue weighted by molar-refractivity contribution is 5.57. The predicted molar refractivity (Wildman–Crippen MR) is 95.2 cm³/mol. The number of ether oxygens (including phenoxy) is 2. The molecule has 1 aliphatic heterocycles. The highest BCUT2D eigenvalue weighted by Gasteiger charge is 2.31. The van der Waals surface area contributed by atoms with Gasteiger partial charge in [0.15, 0.2) is 0 Å². The zero-order chi connectivity index (χ0) is 20.4. The van der Waals surface area contributed by atoms with Crippen LogP contribution >= 0.6 is 0 Å². The van der Waals surface area contributed by atoms with Gasteiger partial charge in [0.25, 0.3) is 0 Å². The van der Waals surface area contributed by atoms with Gasteiger partial charge in [0.2, 0.25) is 5.88 Å². The second-order valence-corrected chi connectivity index (χ2v) is 6.17. The molecule has 150 valence electrons. The number of aromatic nitrogens is 3. The van der Waals surface area contributed by atoms with Crippen molar-refractivity contribution < 1.29 is 27.5 Å². The highest BCUT2D eigenvalue weighted by Crippen LogP contribution is 2.29. The van der Waals surface area contributed by atoms with Crippen molar-refractivity contribution in [1.29, 1.82) is 0 Å². The maximum atomic E-state index is 12.2. The molecule has 7 nitrogen and oxygen atoms in total. The van der Waals surface area contributed by atoms with Crippen molar-refractivity contribution in [2.75, 3.05) is 0 Å². The number of rotatable bonds is 5. The van der Waals surface area contributed by atoms with Crippen LogP contribution < -0.4 is 15.0 Å². The van der Waals surface area contributed by atoms with Gasteiger partial charge in [0.05, 0.1) is 18.1 Å². The predicted octanol–water partition coefficient (Wildman–Crippen LogP) is 3.88. The first-order valence-corrected chi connectivity index (χ1v) is 8.48. The Labute approximate surface area is 163 Å². The van der Waals surface area contributed by atoms with Crippen molar-refractivity contribution in [3.05, 3.63) is 72.5 Å². The summed E-state index contributed by atoms with van der Waals surface area (Å²) in [6.45, 7) is 0. The van der Waals surface area contributed by atoms with Crippen LogP contribution in [0.25, 0.3) is 11.3 Å². The Morgan fingerprint density at radius 1 is 1.07 bits per heavy atom. The number of hydroxylamine groups is 1. The van der Waals surface area contributed by atoms with Crippen molar-refractivity contribution in [1.82, 2.24) is 20.2 Å². The normalized spacial score (nSPS) is 16.3. The van der Waals surface area contributed by atoms with E-state index in [2.05, 4.69) is 20.3 Å². The first kappa shape index (κ1) is 18.8. The third-order valence-electron chi connectivity index (χ3n) is 4.00. The Kier molecular flexibility index (Phi) is 4.85. The molecular formula is C19H15F3N4O3. The molecule has 0 saturated heterocycles. The highest BCUT2D eigenvalue weighted by atomic mass is 19.4. The third kappa shape index (κ3) is 4.66. The number of nitrogens with one attached hydrogen (secondary N) is 1. The van der Waals surface area contributed by atoms with E-state index in [1.807, 2.05) is 13.2 Å². The number of pyridine rings is 1. The van der Waals surface area contributed by atoms with Gasteiger partial charge >= 0.3 is 6.36 Å². The number of nitrogens with zero attached hydrogens (tertiary/aromatic N) is 3. The van der Waals surface area contributed by atoms with Gasteiger partial charge in [-0.15, -0.1) is 13.2 Å². The van der Waals surface area contributed by atoms with Gasteiger partial charge in [-0.2, -0.15) is 5.10 Å². The minimum Gasteiger partial charge on any atom is -0.438 e. The minimum atomic E-state index is -4.73. The summed E-state index contributed by atoms with van der Waals surface area (Å²) >= 11 is 0. The van der Waals surface area contributed by atoms with Crippen LogP contribution in [-0.2, 0) is 11.9 Å². The van der Waals surface area contributed by atoms with Gasteiger partial charge in [0, 0.05) is 24.9 Å². The average molecular weight is 404 g/mol. The van der Waals surface area contributed by atoms with Gasteiger partial charge in [-0.3, -0.25) is 14.5 Å². The summed E-state index contributed by atoms with van der Waals surface area (Å²) in [6, 6.07) is 8.97. The topological polar surface area (TPSA) is 70.4 Å². The van der Waals surface area contributed by atoms with Crippen molar-refractivity contribution in [3.63, 3.8) is 0 Å². The molecule has 2 aromatic heterocycles. The lowest BCUT2D eigenvalue weighted by atomic mass is 10.1. The van der Waals surface area contributed by atoms with E-state index in [-0.39, 0.29) is 5.75 Å². The average Bonchev–Trinajstić information content (AvgIpc) is 3.31. The van der Waals surface area contributed by atoms with Gasteiger partial charge in [-0.05, 0) is 29.8 Å². The summed E-state index contributed by atoms with van der Waals surface area (Å²) in [5.41, 5.74) is 4.92. The molecule has 1 aromatic carbocycles. The summed E-state index contributed by atoms with van der Waals surface area (Å²) < 4.78 is 47.9. The number of hydrogen-bond acceptors (Lipinski definition) is 6. The van der Waals surface area contributed by atoms with Gasteiger partial charge in [-0.25, -0.2) is 5.48 Å². The summed E-state index contributed by atoms with van der Waals surface area (Å²) in [6.07, 6.45) is 1.55. The van der Waals surface area contributed by atoms with E-state index in [0.29, 0.717) is 17.2 Å². The summed E-state index contributed by atoms with van der Waals surface area (Å²) in [4.78, 5) is 9.74. The van der Waals surface area contributed by atoms with Crippen LogP contribution in [0.1, 0.15) is 11.7 Å². The molecule has 0 radical (unpaired) electrons. The van der Waals surface area contributed by atoms with Crippen molar-refractivity contribution in [2.24, 2.45) is 7.05 Å². The van der Waals surface area contributed by atoms with E-state index in [1.165, 1.54) is 24.3 Å². The Morgan fingerprint density at radius 2 is 1.83 bits per heavy atom. The molecule has 3 aromatic rings. The Balaban J connectivity index is 1.40. The van der Waals surface area contributed by atoms with Crippen LogP contribution in [0, 0.1) is 0 Å². The fraction of sp³-hybridized carbons (Fsp3) is 0.158. The standard InChI is InChI=1S/C19H15F3N4O3/c1-26-11-13(9-24-26)16-7-6-15(10-23-16)27-18-8-17(29-25-18)12-2-4-14(5-3-12)28-19(20,21)22/h2-11,17,25H,1H3. The quantitative estimate of drug-likeness (QED) is 0.696. The van der Waals surface area contributed by atoms with E-state index in [9.17, 15) is 13.2 Å². The molecule has 29 heavy (non-hydrogen) atoms. The molecule has 1 N–H and O–H groups in total. The van der Waals surface area contributed by atoms with Crippen LogP contribution in [-0.4, -0.2) is 21.1 Å². The summed E-state index contributed by atoms with van der Waals surface area (Å²) in [5, 5.41) is 4.10. The van der Waals surface area contributed by atoms with Crippen LogP contribution in [0.5, 0.6) is 11.5 Å². The third-order valence-corrected chi connectivity index (χ3v) is 4.00. The number of aryl methyl sites for hydroxylation is 1. The second kappa shape index (κ2) is 7.47. The number of alkyl halides is 3. The molecule has 0 amide bonds. The molecular weight excluding hydrogens is 389 g/mol. The molecule has 3 heterocycles. The van der Waals surface area contributed by atoms with Gasteiger partial charge in [-0.1, -0.05) is 12.1 Å². The van der Waals surface area contributed by atoms with Crippen molar-refractivity contribution in [3.8, 4) is 22.8 Å². The van der Waals surface area contributed by atoms with Crippen molar-refractivity contribution in [2.45, 2.75) is 12.5 Å². The lowest BCUT2D eigenvalue weighted by Crippen LogP contribution is -2.17. The molecule has 4 rings (SSSR count). The number of benzene rings is 1. The number of hydrogen-bond donors (Lipinski definition) is 1. The maximum absolute atomic E-state index is 12.2. The number of halogens is 3. The lowest BCUT2D eigenvalue weighted by molar-refractivity contribution is -0.274. The maximum Gasteiger partial charge on any atom is 0.573 e. The van der Waals surface area contributed by atoms with E-state index in [4.69, 9.17) is 9.57 Å². The monoisotopic (exact) mass is 404 g/mol. The van der Waals surface area contributed by atoms with Gasteiger partial charge in [0.1, 0.15) is 17.6 Å². The van der Waals surface area contributed by atoms with Crippen LogP contribution in [0.2, 0.25) is 0 Å².